The number of carbonyl (C=O) groups excluding carboxylic acids is 1. The summed E-state index contributed by atoms with van der Waals surface area (Å²) >= 11 is 0. The number of alkyl halides is 3. The molecule has 1 heterocycles. The third-order valence-corrected chi connectivity index (χ3v) is 5.79. The fourth-order valence-electron chi connectivity index (χ4n) is 4.12. The van der Waals surface area contributed by atoms with Crippen molar-refractivity contribution in [3.05, 3.63) is 77.8 Å². The number of benzene rings is 2. The number of hydrogen-bond donors (Lipinski definition) is 2. The van der Waals surface area contributed by atoms with Gasteiger partial charge in [-0.2, -0.15) is 13.2 Å². The monoisotopic (exact) mass is 477 g/mol. The molecule has 0 spiro atoms. The van der Waals surface area contributed by atoms with Gasteiger partial charge in [0.2, 0.25) is 5.91 Å². The first kappa shape index (κ1) is 25.0. The number of rotatable bonds is 4. The molecule has 4 rings (SSSR count). The van der Waals surface area contributed by atoms with Gasteiger partial charge in [0.15, 0.2) is 0 Å². The van der Waals surface area contributed by atoms with Crippen molar-refractivity contribution < 1.29 is 36.7 Å². The number of carboxylic acid groups (broad SMARTS) is 1. The lowest BCUT2D eigenvalue weighted by Crippen LogP contribution is -2.28. The number of carbonyl (C=O) groups is 2. The Morgan fingerprint density at radius 2 is 1.79 bits per heavy atom. The highest BCUT2D eigenvalue weighted by atomic mass is 19.4. The Bertz CT molecular complexity index is 1100. The standard InChI is InChI=1S/C24H21F4NO2.CH2O2/c25-20-14-19(24(26,27)28)10-11-21(20)29-23(30)18-4-1-3-17(13-18)15-6-8-16(9-7-15)22-5-2-12-31-22;2-1-3/h2,5-12,14,17-18H,1,3-4,13H2,(H,29,30);1H,(H,2,3). The average Bonchev–Trinajstić information content (AvgIpc) is 3.35. The van der Waals surface area contributed by atoms with Crippen LogP contribution >= 0.6 is 0 Å². The molecular weight excluding hydrogens is 454 g/mol. The van der Waals surface area contributed by atoms with Crippen molar-refractivity contribution in [1.29, 1.82) is 0 Å². The minimum Gasteiger partial charge on any atom is -0.483 e. The van der Waals surface area contributed by atoms with Crippen LogP contribution in [0.3, 0.4) is 0 Å². The van der Waals surface area contributed by atoms with Crippen molar-refractivity contribution in [3.63, 3.8) is 0 Å². The Morgan fingerprint density at radius 3 is 2.38 bits per heavy atom. The molecule has 2 atom stereocenters. The maximum absolute atomic E-state index is 14.1. The molecule has 1 amide bonds. The topological polar surface area (TPSA) is 79.5 Å². The Balaban J connectivity index is 0.00000103. The quantitative estimate of drug-likeness (QED) is 0.323. The van der Waals surface area contributed by atoms with Crippen molar-refractivity contribution in [3.8, 4) is 11.3 Å². The average molecular weight is 477 g/mol. The van der Waals surface area contributed by atoms with Gasteiger partial charge in [0.05, 0.1) is 17.5 Å². The molecule has 3 aromatic rings. The summed E-state index contributed by atoms with van der Waals surface area (Å²) < 4.78 is 57.6. The maximum atomic E-state index is 14.1. The fourth-order valence-corrected chi connectivity index (χ4v) is 4.12. The summed E-state index contributed by atoms with van der Waals surface area (Å²) in [5, 5.41) is 9.35. The molecule has 1 fully saturated rings. The molecule has 5 nitrogen and oxygen atoms in total. The Kier molecular flexibility index (Phi) is 8.09. The van der Waals surface area contributed by atoms with Crippen molar-refractivity contribution in [1.82, 2.24) is 0 Å². The molecule has 1 aliphatic carbocycles. The molecule has 0 radical (unpaired) electrons. The Morgan fingerprint density at radius 1 is 1.09 bits per heavy atom. The van der Waals surface area contributed by atoms with Gasteiger partial charge in [0.25, 0.3) is 6.47 Å². The van der Waals surface area contributed by atoms with E-state index in [9.17, 15) is 22.4 Å². The predicted molar refractivity (Wildman–Crippen MR) is 118 cm³/mol. The van der Waals surface area contributed by atoms with Gasteiger partial charge in [-0.05, 0) is 61.1 Å². The molecule has 0 bridgehead atoms. The molecule has 1 aliphatic rings. The first-order valence-corrected chi connectivity index (χ1v) is 10.6. The van der Waals surface area contributed by atoms with E-state index in [0.29, 0.717) is 18.9 Å². The third kappa shape index (κ3) is 6.24. The van der Waals surface area contributed by atoms with Crippen molar-refractivity contribution >= 4 is 18.1 Å². The van der Waals surface area contributed by atoms with Crippen LogP contribution < -0.4 is 5.32 Å². The summed E-state index contributed by atoms with van der Waals surface area (Å²) in [6.45, 7) is -0.250. The third-order valence-electron chi connectivity index (χ3n) is 5.79. The van der Waals surface area contributed by atoms with Crippen LogP contribution in [0, 0.1) is 11.7 Å². The highest BCUT2D eigenvalue weighted by Gasteiger charge is 2.32. The number of furan rings is 1. The molecule has 0 saturated heterocycles. The molecule has 2 aromatic carbocycles. The molecule has 1 saturated carbocycles. The summed E-state index contributed by atoms with van der Waals surface area (Å²) in [7, 11) is 0. The normalized spacial score (nSPS) is 17.9. The molecule has 0 aliphatic heterocycles. The van der Waals surface area contributed by atoms with Gasteiger partial charge in [0, 0.05) is 11.5 Å². The van der Waals surface area contributed by atoms with E-state index < -0.39 is 17.6 Å². The highest BCUT2D eigenvalue weighted by Crippen LogP contribution is 2.38. The Hall–Kier alpha value is -3.62. The zero-order valence-electron chi connectivity index (χ0n) is 18.0. The van der Waals surface area contributed by atoms with Gasteiger partial charge in [-0.1, -0.05) is 30.7 Å². The summed E-state index contributed by atoms with van der Waals surface area (Å²) in [4.78, 5) is 21.0. The molecule has 9 heteroatoms. The van der Waals surface area contributed by atoms with Crippen LogP contribution in [-0.2, 0) is 15.8 Å². The second kappa shape index (κ2) is 11.0. The van der Waals surface area contributed by atoms with Crippen LogP contribution in [-0.4, -0.2) is 17.5 Å². The highest BCUT2D eigenvalue weighted by molar-refractivity contribution is 5.92. The van der Waals surface area contributed by atoms with Crippen LogP contribution in [0.2, 0.25) is 0 Å². The van der Waals surface area contributed by atoms with Gasteiger partial charge in [-0.3, -0.25) is 9.59 Å². The first-order chi connectivity index (χ1) is 16.2. The molecule has 34 heavy (non-hydrogen) atoms. The zero-order chi connectivity index (χ0) is 24.7. The van der Waals surface area contributed by atoms with E-state index in [0.717, 1.165) is 41.9 Å². The molecule has 1 aromatic heterocycles. The maximum Gasteiger partial charge on any atom is 0.416 e. The van der Waals surface area contributed by atoms with Crippen LogP contribution in [0.1, 0.15) is 42.7 Å². The van der Waals surface area contributed by atoms with Gasteiger partial charge >= 0.3 is 6.18 Å². The minimum absolute atomic E-state index is 0.188. The van der Waals surface area contributed by atoms with Crippen LogP contribution in [0.4, 0.5) is 23.2 Å². The van der Waals surface area contributed by atoms with Gasteiger partial charge in [-0.15, -0.1) is 0 Å². The van der Waals surface area contributed by atoms with Crippen molar-refractivity contribution in [2.24, 2.45) is 5.92 Å². The Labute approximate surface area is 193 Å². The summed E-state index contributed by atoms with van der Waals surface area (Å²) in [5.74, 6) is -0.816. The van der Waals surface area contributed by atoms with E-state index in [1.54, 1.807) is 6.26 Å². The van der Waals surface area contributed by atoms with Crippen LogP contribution in [0.5, 0.6) is 0 Å². The number of amides is 1. The predicted octanol–water partition coefficient (Wildman–Crippen LogP) is 6.72. The summed E-state index contributed by atoms with van der Waals surface area (Å²) in [6.07, 6.45) is 0.0412. The SMILES string of the molecule is O=C(Nc1ccc(C(F)(F)F)cc1F)C1CCCC(c2ccc(-c3ccco3)cc2)C1.O=CO. The van der Waals surface area contributed by atoms with Gasteiger partial charge < -0.3 is 14.8 Å². The first-order valence-electron chi connectivity index (χ1n) is 10.6. The van der Waals surface area contributed by atoms with E-state index in [2.05, 4.69) is 5.32 Å². The number of hydrogen-bond acceptors (Lipinski definition) is 3. The van der Waals surface area contributed by atoms with E-state index in [1.165, 1.54) is 0 Å². The fraction of sp³-hybridized carbons (Fsp3) is 0.280. The van der Waals surface area contributed by atoms with Crippen molar-refractivity contribution in [2.45, 2.75) is 37.8 Å². The number of nitrogens with one attached hydrogen (secondary N) is 1. The minimum atomic E-state index is -4.63. The van der Waals surface area contributed by atoms with E-state index in [4.69, 9.17) is 14.3 Å². The lowest BCUT2D eigenvalue weighted by Gasteiger charge is -2.29. The summed E-state index contributed by atoms with van der Waals surface area (Å²) in [6, 6.07) is 13.9. The second-order valence-electron chi connectivity index (χ2n) is 7.95. The largest absolute Gasteiger partial charge is 0.483 e. The van der Waals surface area contributed by atoms with Crippen molar-refractivity contribution in [2.75, 3.05) is 5.32 Å². The van der Waals surface area contributed by atoms with E-state index in [-0.39, 0.29) is 29.9 Å². The lowest BCUT2D eigenvalue weighted by atomic mass is 9.77. The molecule has 180 valence electrons. The molecule has 2 unspecified atom stereocenters. The van der Waals surface area contributed by atoms with Gasteiger partial charge in [-0.25, -0.2) is 4.39 Å². The van der Waals surface area contributed by atoms with Crippen LogP contribution in [0.15, 0.2) is 65.3 Å². The molecular formula is C25H23F4NO4. The lowest BCUT2D eigenvalue weighted by molar-refractivity contribution is -0.137. The number of anilines is 1. The van der Waals surface area contributed by atoms with Gasteiger partial charge in [0.1, 0.15) is 11.6 Å². The smallest absolute Gasteiger partial charge is 0.416 e. The summed E-state index contributed by atoms with van der Waals surface area (Å²) in [5.41, 5.74) is 0.770. The van der Waals surface area contributed by atoms with E-state index in [1.807, 2.05) is 36.4 Å². The van der Waals surface area contributed by atoms with E-state index >= 15 is 0 Å². The second-order valence-corrected chi connectivity index (χ2v) is 7.95. The zero-order valence-corrected chi connectivity index (χ0v) is 18.0. The van der Waals surface area contributed by atoms with Crippen LogP contribution in [0.25, 0.3) is 11.3 Å². The molecule has 2 N–H and O–H groups in total. The number of halogens is 4.